The number of hydrogen-bond donors (Lipinski definition) is 1. The van der Waals surface area contributed by atoms with Gasteiger partial charge in [0, 0.05) is 36.4 Å². The van der Waals surface area contributed by atoms with Crippen LogP contribution in [-0.4, -0.2) is 18.4 Å². The van der Waals surface area contributed by atoms with E-state index in [4.69, 9.17) is 11.6 Å². The van der Waals surface area contributed by atoms with Gasteiger partial charge in [0.2, 0.25) is 0 Å². The van der Waals surface area contributed by atoms with Crippen LogP contribution in [0.4, 0.5) is 4.39 Å². The second-order valence-corrected chi connectivity index (χ2v) is 7.36. The van der Waals surface area contributed by atoms with E-state index in [1.54, 1.807) is 12.1 Å². The van der Waals surface area contributed by atoms with Crippen LogP contribution in [-0.2, 0) is 4.79 Å². The van der Waals surface area contributed by atoms with Crippen LogP contribution in [0.15, 0.2) is 48.5 Å². The Morgan fingerprint density at radius 3 is 2.64 bits per heavy atom. The van der Waals surface area contributed by atoms with E-state index in [1.807, 2.05) is 30.3 Å². The maximum absolute atomic E-state index is 13.8. The molecule has 0 aliphatic carbocycles. The van der Waals surface area contributed by atoms with Crippen molar-refractivity contribution in [3.63, 3.8) is 0 Å². The van der Waals surface area contributed by atoms with Gasteiger partial charge in [-0.15, -0.1) is 0 Å². The Kier molecular flexibility index (Phi) is 5.87. The second-order valence-electron chi connectivity index (χ2n) is 6.93. The number of benzene rings is 2. The lowest BCUT2D eigenvalue weighted by Crippen LogP contribution is -2.42. The summed E-state index contributed by atoms with van der Waals surface area (Å²) >= 11 is 6.02. The number of Topliss-reactive ketones (excluding diaryl/α,β-unsaturated/α-hetero) is 1. The zero-order valence-electron chi connectivity index (χ0n) is 14.3. The third-order valence-electron chi connectivity index (χ3n) is 5.08. The average molecular weight is 360 g/mol. The summed E-state index contributed by atoms with van der Waals surface area (Å²) in [7, 11) is 0. The molecule has 1 heterocycles. The minimum Gasteiger partial charge on any atom is -0.313 e. The minimum atomic E-state index is -0.227. The number of rotatable bonds is 5. The molecule has 3 rings (SSSR count). The third kappa shape index (κ3) is 4.68. The average Bonchev–Trinajstić information content (AvgIpc) is 2.60. The molecule has 0 bridgehead atoms. The molecule has 1 aliphatic rings. The Bertz CT molecular complexity index is 731. The molecule has 2 aromatic carbocycles. The molecule has 3 atom stereocenters. The molecule has 0 radical (unpaired) electrons. The van der Waals surface area contributed by atoms with Gasteiger partial charge >= 0.3 is 0 Å². The van der Waals surface area contributed by atoms with Crippen molar-refractivity contribution in [1.29, 1.82) is 0 Å². The first-order valence-corrected chi connectivity index (χ1v) is 9.16. The predicted molar refractivity (Wildman–Crippen MR) is 99.5 cm³/mol. The van der Waals surface area contributed by atoms with Gasteiger partial charge in [0.15, 0.2) is 0 Å². The molecule has 1 N–H and O–H groups in total. The monoisotopic (exact) mass is 359 g/mol. The van der Waals surface area contributed by atoms with Gasteiger partial charge in [0.25, 0.3) is 0 Å². The fraction of sp³-hybridized carbons (Fsp3) is 0.381. The maximum Gasteiger partial charge on any atom is 0.135 e. The number of ketones is 1. The standard InChI is InChI=1S/C21H23ClFNO/c1-14(21-13-19(25)9-10-24-21)11-20(15-5-7-17(22)8-6-15)16-3-2-4-18(23)12-16/h2-8,12,14,20-21,24H,9-11,13H2,1H3/t14?,20?,21-/m1/s1. The van der Waals surface area contributed by atoms with Crippen molar-refractivity contribution in [1.82, 2.24) is 5.32 Å². The minimum absolute atomic E-state index is 0.0711. The van der Waals surface area contributed by atoms with E-state index in [-0.39, 0.29) is 17.8 Å². The highest BCUT2D eigenvalue weighted by atomic mass is 35.5. The number of nitrogens with one attached hydrogen (secondary N) is 1. The molecule has 2 unspecified atom stereocenters. The Balaban J connectivity index is 1.85. The molecule has 0 aromatic heterocycles. The number of hydrogen-bond acceptors (Lipinski definition) is 2. The van der Waals surface area contributed by atoms with Gasteiger partial charge in [0.05, 0.1) is 0 Å². The van der Waals surface area contributed by atoms with E-state index in [9.17, 15) is 9.18 Å². The summed E-state index contributed by atoms with van der Waals surface area (Å²) in [6, 6.07) is 14.7. The zero-order valence-corrected chi connectivity index (χ0v) is 15.1. The lowest BCUT2D eigenvalue weighted by atomic mass is 9.80. The van der Waals surface area contributed by atoms with E-state index < -0.39 is 0 Å². The molecule has 1 fully saturated rings. The summed E-state index contributed by atoms with van der Waals surface area (Å²) in [4.78, 5) is 11.8. The molecule has 132 valence electrons. The van der Waals surface area contributed by atoms with Gasteiger partial charge in [-0.1, -0.05) is 42.8 Å². The lowest BCUT2D eigenvalue weighted by Gasteiger charge is -2.31. The van der Waals surface area contributed by atoms with Crippen molar-refractivity contribution in [2.45, 2.75) is 38.1 Å². The summed E-state index contributed by atoms with van der Waals surface area (Å²) in [5.74, 6) is 0.467. The Morgan fingerprint density at radius 1 is 1.20 bits per heavy atom. The van der Waals surface area contributed by atoms with Crippen molar-refractivity contribution in [2.75, 3.05) is 6.54 Å². The van der Waals surface area contributed by atoms with Crippen LogP contribution >= 0.6 is 11.6 Å². The molecule has 1 aliphatic heterocycles. The molecule has 0 saturated carbocycles. The fourth-order valence-electron chi connectivity index (χ4n) is 3.64. The van der Waals surface area contributed by atoms with Crippen molar-refractivity contribution in [3.05, 3.63) is 70.5 Å². The summed E-state index contributed by atoms with van der Waals surface area (Å²) in [6.07, 6.45) is 2.04. The van der Waals surface area contributed by atoms with Gasteiger partial charge in [0.1, 0.15) is 11.6 Å². The van der Waals surface area contributed by atoms with E-state index in [2.05, 4.69) is 12.2 Å². The van der Waals surface area contributed by atoms with Crippen molar-refractivity contribution >= 4 is 17.4 Å². The molecule has 0 spiro atoms. The molecule has 0 amide bonds. The van der Waals surface area contributed by atoms with Crippen LogP contribution in [0.5, 0.6) is 0 Å². The SMILES string of the molecule is CC(CC(c1ccc(Cl)cc1)c1cccc(F)c1)[C@H]1CC(=O)CCN1. The van der Waals surface area contributed by atoms with Gasteiger partial charge < -0.3 is 5.32 Å². The summed E-state index contributed by atoms with van der Waals surface area (Å²) in [6.45, 7) is 2.91. The molecule has 4 heteroatoms. The van der Waals surface area contributed by atoms with Gasteiger partial charge in [-0.05, 0) is 47.7 Å². The topological polar surface area (TPSA) is 29.1 Å². The van der Waals surface area contributed by atoms with E-state index in [1.165, 1.54) is 6.07 Å². The van der Waals surface area contributed by atoms with Crippen molar-refractivity contribution < 1.29 is 9.18 Å². The van der Waals surface area contributed by atoms with Crippen LogP contribution in [0.1, 0.15) is 43.2 Å². The van der Waals surface area contributed by atoms with Gasteiger partial charge in [-0.3, -0.25) is 4.79 Å². The van der Waals surface area contributed by atoms with E-state index in [0.29, 0.717) is 29.6 Å². The van der Waals surface area contributed by atoms with Crippen LogP contribution in [0.25, 0.3) is 0 Å². The molecular weight excluding hydrogens is 337 g/mol. The third-order valence-corrected chi connectivity index (χ3v) is 5.33. The highest BCUT2D eigenvalue weighted by Gasteiger charge is 2.27. The zero-order chi connectivity index (χ0) is 17.8. The Morgan fingerprint density at radius 2 is 1.96 bits per heavy atom. The molecule has 1 saturated heterocycles. The normalized spacial score (nSPS) is 20.3. The summed E-state index contributed by atoms with van der Waals surface area (Å²) in [5, 5.41) is 4.15. The fourth-order valence-corrected chi connectivity index (χ4v) is 3.76. The van der Waals surface area contributed by atoms with Gasteiger partial charge in [-0.25, -0.2) is 4.39 Å². The van der Waals surface area contributed by atoms with Crippen molar-refractivity contribution in [2.24, 2.45) is 5.92 Å². The molecule has 2 aromatic rings. The first kappa shape index (κ1) is 18.1. The first-order valence-electron chi connectivity index (χ1n) is 8.79. The van der Waals surface area contributed by atoms with Crippen LogP contribution < -0.4 is 5.32 Å². The quantitative estimate of drug-likeness (QED) is 0.817. The maximum atomic E-state index is 13.8. The number of carbonyl (C=O) groups excluding carboxylic acids is 1. The molecule has 2 nitrogen and oxygen atoms in total. The highest BCUT2D eigenvalue weighted by molar-refractivity contribution is 6.30. The smallest absolute Gasteiger partial charge is 0.135 e. The van der Waals surface area contributed by atoms with E-state index in [0.717, 1.165) is 24.1 Å². The Hall–Kier alpha value is -1.71. The van der Waals surface area contributed by atoms with Crippen LogP contribution in [0, 0.1) is 11.7 Å². The summed E-state index contributed by atoms with van der Waals surface area (Å²) in [5.41, 5.74) is 2.07. The summed E-state index contributed by atoms with van der Waals surface area (Å²) < 4.78 is 13.8. The predicted octanol–water partition coefficient (Wildman–Crippen LogP) is 4.96. The number of halogens is 2. The largest absolute Gasteiger partial charge is 0.313 e. The number of piperidine rings is 1. The Labute approximate surface area is 153 Å². The van der Waals surface area contributed by atoms with Crippen molar-refractivity contribution in [3.8, 4) is 0 Å². The van der Waals surface area contributed by atoms with Crippen LogP contribution in [0.3, 0.4) is 0 Å². The lowest BCUT2D eigenvalue weighted by molar-refractivity contribution is -0.121. The van der Waals surface area contributed by atoms with E-state index >= 15 is 0 Å². The first-order chi connectivity index (χ1) is 12.0. The second kappa shape index (κ2) is 8.11. The molecular formula is C21H23ClFNO. The van der Waals surface area contributed by atoms with Gasteiger partial charge in [-0.2, -0.15) is 0 Å². The van der Waals surface area contributed by atoms with Crippen LogP contribution in [0.2, 0.25) is 5.02 Å². The number of carbonyl (C=O) groups is 1. The molecule has 25 heavy (non-hydrogen) atoms. The highest BCUT2D eigenvalue weighted by Crippen LogP contribution is 2.34.